The molecule has 18 heavy (non-hydrogen) atoms. The first-order valence-corrected chi connectivity index (χ1v) is 6.05. The Morgan fingerprint density at radius 2 is 1.67 bits per heavy atom. The fraction of sp³-hybridized carbons (Fsp3) is 0.188. The van der Waals surface area contributed by atoms with Gasteiger partial charge in [-0.1, -0.05) is 29.8 Å². The summed E-state index contributed by atoms with van der Waals surface area (Å²) >= 11 is 0. The van der Waals surface area contributed by atoms with Crippen LogP contribution in [0.5, 0.6) is 0 Å². The highest BCUT2D eigenvalue weighted by Gasteiger charge is 2.00. The number of benzene rings is 2. The van der Waals surface area contributed by atoms with Crippen molar-refractivity contribution in [2.24, 2.45) is 4.99 Å². The van der Waals surface area contributed by atoms with Crippen LogP contribution >= 0.6 is 0 Å². The summed E-state index contributed by atoms with van der Waals surface area (Å²) in [6.45, 7) is 6.19. The number of hydrogen-bond acceptors (Lipinski definition) is 2. The fourth-order valence-electron chi connectivity index (χ4n) is 1.90. The first-order valence-electron chi connectivity index (χ1n) is 6.05. The summed E-state index contributed by atoms with van der Waals surface area (Å²) in [4.78, 5) is 4.68. The summed E-state index contributed by atoms with van der Waals surface area (Å²) in [5.41, 5.74) is 12.0. The lowest BCUT2D eigenvalue weighted by molar-refractivity contribution is 1.34. The average Bonchev–Trinajstić information content (AvgIpc) is 2.33. The average molecular weight is 238 g/mol. The van der Waals surface area contributed by atoms with Crippen LogP contribution in [0.15, 0.2) is 47.5 Å². The van der Waals surface area contributed by atoms with E-state index in [1.807, 2.05) is 31.2 Å². The normalized spacial score (nSPS) is 11.6. The summed E-state index contributed by atoms with van der Waals surface area (Å²) in [5.74, 6) is 0. The van der Waals surface area contributed by atoms with Crippen LogP contribution in [0.3, 0.4) is 0 Å². The van der Waals surface area contributed by atoms with Crippen LogP contribution in [0, 0.1) is 13.8 Å². The SMILES string of the molecule is CC(=Nc1ccc(C)cc1C)c1ccc(N)cc1. The van der Waals surface area contributed by atoms with Crippen molar-refractivity contribution in [1.29, 1.82) is 0 Å². The molecule has 2 aromatic rings. The van der Waals surface area contributed by atoms with Crippen LogP contribution in [-0.4, -0.2) is 5.71 Å². The highest BCUT2D eigenvalue weighted by Crippen LogP contribution is 2.21. The zero-order valence-corrected chi connectivity index (χ0v) is 11.1. The van der Waals surface area contributed by atoms with Crippen molar-refractivity contribution in [3.05, 3.63) is 59.2 Å². The Morgan fingerprint density at radius 1 is 1.00 bits per heavy atom. The number of anilines is 1. The second-order valence-corrected chi connectivity index (χ2v) is 4.61. The summed E-state index contributed by atoms with van der Waals surface area (Å²) in [7, 11) is 0. The van der Waals surface area contributed by atoms with Gasteiger partial charge in [0.1, 0.15) is 0 Å². The molecule has 92 valence electrons. The minimum Gasteiger partial charge on any atom is -0.399 e. The molecule has 0 fully saturated rings. The smallest absolute Gasteiger partial charge is 0.0662 e. The lowest BCUT2D eigenvalue weighted by atomic mass is 10.1. The van der Waals surface area contributed by atoms with Crippen LogP contribution in [0.2, 0.25) is 0 Å². The van der Waals surface area contributed by atoms with Gasteiger partial charge in [0, 0.05) is 11.4 Å². The first-order chi connectivity index (χ1) is 8.56. The molecule has 0 saturated carbocycles. The van der Waals surface area contributed by atoms with Crippen molar-refractivity contribution >= 4 is 17.1 Å². The van der Waals surface area contributed by atoms with Crippen LogP contribution in [0.4, 0.5) is 11.4 Å². The topological polar surface area (TPSA) is 38.4 Å². The molecule has 0 aromatic heterocycles. The van der Waals surface area contributed by atoms with E-state index in [-0.39, 0.29) is 0 Å². The Kier molecular flexibility index (Phi) is 3.47. The van der Waals surface area contributed by atoms with Gasteiger partial charge < -0.3 is 5.73 Å². The van der Waals surface area contributed by atoms with Crippen molar-refractivity contribution in [3.8, 4) is 0 Å². The highest BCUT2D eigenvalue weighted by molar-refractivity contribution is 6.00. The van der Waals surface area contributed by atoms with Gasteiger partial charge in [0.25, 0.3) is 0 Å². The maximum absolute atomic E-state index is 5.68. The number of nitrogen functional groups attached to an aromatic ring is 1. The van der Waals surface area contributed by atoms with Crippen molar-refractivity contribution in [2.75, 3.05) is 5.73 Å². The van der Waals surface area contributed by atoms with Crippen molar-refractivity contribution < 1.29 is 0 Å². The van der Waals surface area contributed by atoms with Crippen LogP contribution < -0.4 is 5.73 Å². The molecule has 0 aliphatic rings. The number of nitrogens with zero attached hydrogens (tertiary/aromatic N) is 1. The number of aliphatic imine (C=N–C) groups is 1. The molecule has 2 aromatic carbocycles. The van der Waals surface area contributed by atoms with Gasteiger partial charge in [-0.05, 0) is 50.1 Å². The molecule has 0 amide bonds. The minimum absolute atomic E-state index is 0.776. The van der Waals surface area contributed by atoms with E-state index in [2.05, 4.69) is 37.0 Å². The van der Waals surface area contributed by atoms with Crippen LogP contribution in [-0.2, 0) is 0 Å². The largest absolute Gasteiger partial charge is 0.399 e. The van der Waals surface area contributed by atoms with Crippen molar-refractivity contribution in [2.45, 2.75) is 20.8 Å². The Bertz CT molecular complexity index is 581. The Balaban J connectivity index is 2.35. The third kappa shape index (κ3) is 2.77. The third-order valence-electron chi connectivity index (χ3n) is 2.97. The van der Waals surface area contributed by atoms with E-state index >= 15 is 0 Å². The monoisotopic (exact) mass is 238 g/mol. The maximum Gasteiger partial charge on any atom is 0.0662 e. The van der Waals surface area contributed by atoms with Gasteiger partial charge >= 0.3 is 0 Å². The van der Waals surface area contributed by atoms with Crippen molar-refractivity contribution in [1.82, 2.24) is 0 Å². The van der Waals surface area contributed by atoms with Gasteiger partial charge in [0.15, 0.2) is 0 Å². The second kappa shape index (κ2) is 5.05. The maximum atomic E-state index is 5.68. The number of rotatable bonds is 2. The molecule has 0 aliphatic carbocycles. The summed E-state index contributed by atoms with van der Waals surface area (Å²) in [6.07, 6.45) is 0. The molecule has 0 bridgehead atoms. The molecule has 0 saturated heterocycles. The highest BCUT2D eigenvalue weighted by atomic mass is 14.7. The van der Waals surface area contributed by atoms with Gasteiger partial charge in [-0.15, -0.1) is 0 Å². The minimum atomic E-state index is 0.776. The molecule has 0 radical (unpaired) electrons. The van der Waals surface area contributed by atoms with Crippen LogP contribution in [0.25, 0.3) is 0 Å². The zero-order chi connectivity index (χ0) is 13.1. The molecular weight excluding hydrogens is 220 g/mol. The number of hydrogen-bond donors (Lipinski definition) is 1. The van der Waals surface area contributed by atoms with E-state index in [9.17, 15) is 0 Å². The van der Waals surface area contributed by atoms with E-state index in [1.54, 1.807) is 0 Å². The Morgan fingerprint density at radius 3 is 2.28 bits per heavy atom. The van der Waals surface area contributed by atoms with Gasteiger partial charge in [-0.3, -0.25) is 4.99 Å². The van der Waals surface area contributed by atoms with E-state index in [4.69, 9.17) is 5.73 Å². The van der Waals surface area contributed by atoms with E-state index in [1.165, 1.54) is 11.1 Å². The van der Waals surface area contributed by atoms with E-state index in [0.29, 0.717) is 0 Å². The standard InChI is InChI=1S/C16H18N2/c1-11-4-9-16(12(2)10-11)18-13(3)14-5-7-15(17)8-6-14/h4-10H,17H2,1-3H3. The van der Waals surface area contributed by atoms with Crippen LogP contribution in [0.1, 0.15) is 23.6 Å². The molecule has 0 unspecified atom stereocenters. The lowest BCUT2D eigenvalue weighted by Crippen LogP contribution is -1.95. The number of aryl methyl sites for hydroxylation is 2. The molecule has 0 aliphatic heterocycles. The summed E-state index contributed by atoms with van der Waals surface area (Å²) in [5, 5.41) is 0. The zero-order valence-electron chi connectivity index (χ0n) is 11.1. The van der Waals surface area contributed by atoms with Gasteiger partial charge in [-0.2, -0.15) is 0 Å². The van der Waals surface area contributed by atoms with E-state index < -0.39 is 0 Å². The van der Waals surface area contributed by atoms with E-state index in [0.717, 1.165) is 22.6 Å². The lowest BCUT2D eigenvalue weighted by Gasteiger charge is -2.05. The molecule has 0 spiro atoms. The Labute approximate surface area is 108 Å². The molecule has 2 heteroatoms. The predicted octanol–water partition coefficient (Wildman–Crippen LogP) is 4.03. The number of nitrogens with two attached hydrogens (primary N) is 1. The second-order valence-electron chi connectivity index (χ2n) is 4.61. The van der Waals surface area contributed by atoms with Gasteiger partial charge in [0.2, 0.25) is 0 Å². The summed E-state index contributed by atoms with van der Waals surface area (Å²) < 4.78 is 0. The molecule has 2 N–H and O–H groups in total. The molecular formula is C16H18N2. The molecule has 2 rings (SSSR count). The first kappa shape index (κ1) is 12.4. The molecule has 0 atom stereocenters. The molecule has 2 nitrogen and oxygen atoms in total. The fourth-order valence-corrected chi connectivity index (χ4v) is 1.90. The predicted molar refractivity (Wildman–Crippen MR) is 78.6 cm³/mol. The molecule has 0 heterocycles. The summed E-state index contributed by atoms with van der Waals surface area (Å²) in [6, 6.07) is 14.1. The quantitative estimate of drug-likeness (QED) is 0.622. The van der Waals surface area contributed by atoms with Gasteiger partial charge in [0.05, 0.1) is 5.69 Å². The van der Waals surface area contributed by atoms with Crippen molar-refractivity contribution in [3.63, 3.8) is 0 Å². The Hall–Kier alpha value is -2.09. The van der Waals surface area contributed by atoms with Gasteiger partial charge in [-0.25, -0.2) is 0 Å². The third-order valence-corrected chi connectivity index (χ3v) is 2.97.